The van der Waals surface area contributed by atoms with Crippen LogP contribution in [-0.2, 0) is 0 Å². The molecule has 17 heavy (non-hydrogen) atoms. The van der Waals surface area contributed by atoms with Crippen molar-refractivity contribution < 1.29 is 0 Å². The molecule has 1 heteroatoms. The van der Waals surface area contributed by atoms with Crippen molar-refractivity contribution in [2.24, 2.45) is 10.8 Å². The van der Waals surface area contributed by atoms with Crippen LogP contribution in [0.4, 0.5) is 0 Å². The highest BCUT2D eigenvalue weighted by atomic mass is 79.9. The van der Waals surface area contributed by atoms with Gasteiger partial charge in [0.25, 0.3) is 0 Å². The summed E-state index contributed by atoms with van der Waals surface area (Å²) in [5.74, 6) is 0. The molecule has 1 aliphatic rings. The van der Waals surface area contributed by atoms with E-state index in [0.29, 0.717) is 10.8 Å². The number of hydrogen-bond donors (Lipinski definition) is 0. The van der Waals surface area contributed by atoms with Crippen LogP contribution in [0, 0.1) is 10.8 Å². The van der Waals surface area contributed by atoms with Gasteiger partial charge in [0.2, 0.25) is 0 Å². The first-order chi connectivity index (χ1) is 7.79. The van der Waals surface area contributed by atoms with Gasteiger partial charge >= 0.3 is 0 Å². The Hall–Kier alpha value is -0.560. The molecule has 0 spiro atoms. The second-order valence-electron chi connectivity index (χ2n) is 6.66. The molecule has 0 unspecified atom stereocenters. The maximum absolute atomic E-state index is 3.67. The Morgan fingerprint density at radius 1 is 1.06 bits per heavy atom. The molecule has 0 nitrogen and oxygen atoms in total. The van der Waals surface area contributed by atoms with Gasteiger partial charge in [0.15, 0.2) is 0 Å². The third kappa shape index (κ3) is 3.01. The normalized spacial score (nSPS) is 22.1. The Balaban J connectivity index is 2.46. The second-order valence-corrected chi connectivity index (χ2v) is 7.51. The molecule has 1 aliphatic carbocycles. The fourth-order valence-corrected chi connectivity index (χ4v) is 3.82. The first kappa shape index (κ1) is 12.9. The van der Waals surface area contributed by atoms with E-state index in [1.807, 2.05) is 0 Å². The van der Waals surface area contributed by atoms with E-state index < -0.39 is 0 Å². The summed E-state index contributed by atoms with van der Waals surface area (Å²) in [5, 5.41) is 0. The third-order valence-corrected chi connectivity index (χ3v) is 4.08. The summed E-state index contributed by atoms with van der Waals surface area (Å²) in [6.07, 6.45) is 4.88. The summed E-state index contributed by atoms with van der Waals surface area (Å²) in [6.45, 7) is 9.42. The van der Waals surface area contributed by atoms with Gasteiger partial charge in [-0.1, -0.05) is 67.9 Å². The van der Waals surface area contributed by atoms with E-state index in [4.69, 9.17) is 0 Å². The van der Waals surface area contributed by atoms with Crippen molar-refractivity contribution in [2.45, 2.75) is 40.5 Å². The van der Waals surface area contributed by atoms with Gasteiger partial charge in [-0.15, -0.1) is 0 Å². The highest BCUT2D eigenvalue weighted by Gasteiger charge is 2.33. The number of allylic oxidation sites excluding steroid dienone is 2. The lowest BCUT2D eigenvalue weighted by Crippen LogP contribution is -2.26. The smallest absolute Gasteiger partial charge is 0.0250 e. The molecule has 0 saturated carbocycles. The molecule has 0 fully saturated rings. The molecule has 0 radical (unpaired) electrons. The van der Waals surface area contributed by atoms with Crippen molar-refractivity contribution in [1.29, 1.82) is 0 Å². The standard InChI is InChI=1S/C16H21Br/c1-15(2)9-12(10-16(3,4)11-15)13-7-5-6-8-14(13)17/h5-9H,10-11H2,1-4H3. The summed E-state index contributed by atoms with van der Waals surface area (Å²) < 4.78 is 1.21. The van der Waals surface area contributed by atoms with Crippen LogP contribution in [0.5, 0.6) is 0 Å². The lowest BCUT2D eigenvalue weighted by Gasteiger charge is -2.39. The van der Waals surface area contributed by atoms with E-state index in [2.05, 4.69) is 74.0 Å². The minimum atomic E-state index is 0.298. The summed E-state index contributed by atoms with van der Waals surface area (Å²) in [4.78, 5) is 0. The van der Waals surface area contributed by atoms with E-state index in [1.54, 1.807) is 0 Å². The summed E-state index contributed by atoms with van der Waals surface area (Å²) in [7, 11) is 0. The molecule has 0 aliphatic heterocycles. The number of halogens is 1. The van der Waals surface area contributed by atoms with Crippen LogP contribution in [0.25, 0.3) is 5.57 Å². The number of rotatable bonds is 1. The first-order valence-electron chi connectivity index (χ1n) is 6.26. The SMILES string of the molecule is CC1(C)C=C(c2ccccc2Br)CC(C)(C)C1. The van der Waals surface area contributed by atoms with Crippen LogP contribution < -0.4 is 0 Å². The maximum Gasteiger partial charge on any atom is 0.0250 e. The van der Waals surface area contributed by atoms with E-state index in [0.717, 1.165) is 0 Å². The Morgan fingerprint density at radius 3 is 2.29 bits per heavy atom. The van der Waals surface area contributed by atoms with E-state index in [1.165, 1.54) is 28.5 Å². The predicted octanol–water partition coefficient (Wildman–Crippen LogP) is 5.68. The minimum absolute atomic E-state index is 0.298. The van der Waals surface area contributed by atoms with Crippen LogP contribution in [0.15, 0.2) is 34.8 Å². The van der Waals surface area contributed by atoms with Crippen molar-refractivity contribution in [1.82, 2.24) is 0 Å². The zero-order chi connectivity index (χ0) is 12.7. The summed E-state index contributed by atoms with van der Waals surface area (Å²) >= 11 is 3.67. The molecule has 0 N–H and O–H groups in total. The zero-order valence-corrected chi connectivity index (χ0v) is 12.8. The molecule has 0 aromatic heterocycles. The van der Waals surface area contributed by atoms with Gasteiger partial charge in [0.05, 0.1) is 0 Å². The Kier molecular flexibility index (Phi) is 3.24. The molecule has 1 aromatic carbocycles. The lowest BCUT2D eigenvalue weighted by molar-refractivity contribution is 0.228. The fourth-order valence-electron chi connectivity index (χ4n) is 3.28. The summed E-state index contributed by atoms with van der Waals surface area (Å²) in [5.41, 5.74) is 3.53. The minimum Gasteiger partial charge on any atom is -0.0750 e. The van der Waals surface area contributed by atoms with E-state index >= 15 is 0 Å². The Bertz CT molecular complexity index is 452. The van der Waals surface area contributed by atoms with Gasteiger partial charge in [0, 0.05) is 4.47 Å². The summed E-state index contributed by atoms with van der Waals surface area (Å²) in [6, 6.07) is 8.54. The van der Waals surface area contributed by atoms with Crippen LogP contribution >= 0.6 is 15.9 Å². The van der Waals surface area contributed by atoms with Gasteiger partial charge < -0.3 is 0 Å². The van der Waals surface area contributed by atoms with Crippen LogP contribution in [0.2, 0.25) is 0 Å². The molecule has 0 atom stereocenters. The largest absolute Gasteiger partial charge is 0.0750 e. The van der Waals surface area contributed by atoms with E-state index in [9.17, 15) is 0 Å². The highest BCUT2D eigenvalue weighted by molar-refractivity contribution is 9.10. The molecule has 0 saturated heterocycles. The highest BCUT2D eigenvalue weighted by Crippen LogP contribution is 2.48. The molecule has 0 amide bonds. The molecule has 2 rings (SSSR count). The lowest BCUT2D eigenvalue weighted by atomic mass is 9.66. The second kappa shape index (κ2) is 4.28. The van der Waals surface area contributed by atoms with Gasteiger partial charge in [-0.25, -0.2) is 0 Å². The molecule has 0 heterocycles. The molecular formula is C16H21Br. The van der Waals surface area contributed by atoms with Crippen molar-refractivity contribution in [3.63, 3.8) is 0 Å². The third-order valence-electron chi connectivity index (χ3n) is 3.39. The van der Waals surface area contributed by atoms with Crippen molar-refractivity contribution >= 4 is 21.5 Å². The van der Waals surface area contributed by atoms with Crippen LogP contribution in [0.1, 0.15) is 46.1 Å². The van der Waals surface area contributed by atoms with Crippen molar-refractivity contribution in [2.75, 3.05) is 0 Å². The van der Waals surface area contributed by atoms with Crippen LogP contribution in [0.3, 0.4) is 0 Å². The quantitative estimate of drug-likeness (QED) is 0.625. The molecule has 92 valence electrons. The van der Waals surface area contributed by atoms with Crippen molar-refractivity contribution in [3.05, 3.63) is 40.4 Å². The Labute approximate surface area is 113 Å². The van der Waals surface area contributed by atoms with Gasteiger partial charge in [-0.2, -0.15) is 0 Å². The average Bonchev–Trinajstić information content (AvgIpc) is 2.13. The van der Waals surface area contributed by atoms with Crippen molar-refractivity contribution in [3.8, 4) is 0 Å². The fraction of sp³-hybridized carbons (Fsp3) is 0.500. The topological polar surface area (TPSA) is 0 Å². The van der Waals surface area contributed by atoms with E-state index in [-0.39, 0.29) is 0 Å². The maximum atomic E-state index is 3.67. The number of benzene rings is 1. The first-order valence-corrected chi connectivity index (χ1v) is 7.05. The van der Waals surface area contributed by atoms with Gasteiger partial charge in [-0.3, -0.25) is 0 Å². The predicted molar refractivity (Wildman–Crippen MR) is 78.9 cm³/mol. The van der Waals surface area contributed by atoms with Gasteiger partial charge in [0.1, 0.15) is 0 Å². The average molecular weight is 293 g/mol. The van der Waals surface area contributed by atoms with Crippen LogP contribution in [-0.4, -0.2) is 0 Å². The van der Waals surface area contributed by atoms with Gasteiger partial charge in [-0.05, 0) is 40.9 Å². The monoisotopic (exact) mass is 292 g/mol. The molecule has 0 bridgehead atoms. The Morgan fingerprint density at radius 2 is 1.71 bits per heavy atom. The number of hydrogen-bond acceptors (Lipinski definition) is 0. The molecular weight excluding hydrogens is 272 g/mol. The molecule has 1 aromatic rings. The zero-order valence-electron chi connectivity index (χ0n) is 11.2.